The van der Waals surface area contributed by atoms with Gasteiger partial charge < -0.3 is 10.4 Å². The normalized spacial score (nSPS) is 18.4. The van der Waals surface area contributed by atoms with Gasteiger partial charge in [-0.1, -0.05) is 45.4 Å². The van der Waals surface area contributed by atoms with E-state index < -0.39 is 5.97 Å². The molecule has 122 valence electrons. The molecule has 0 radical (unpaired) electrons. The van der Waals surface area contributed by atoms with Crippen LogP contribution in [0.15, 0.2) is 0 Å². The van der Waals surface area contributed by atoms with Crippen molar-refractivity contribution in [1.82, 2.24) is 5.32 Å². The molecule has 0 bridgehead atoms. The van der Waals surface area contributed by atoms with Crippen molar-refractivity contribution in [3.63, 3.8) is 0 Å². The molecule has 4 nitrogen and oxygen atoms in total. The highest BCUT2D eigenvalue weighted by Crippen LogP contribution is 2.44. The second-order valence-electron chi connectivity index (χ2n) is 6.77. The van der Waals surface area contributed by atoms with Crippen LogP contribution < -0.4 is 5.32 Å². The molecule has 0 spiro atoms. The van der Waals surface area contributed by atoms with Gasteiger partial charge in [-0.25, -0.2) is 0 Å². The summed E-state index contributed by atoms with van der Waals surface area (Å²) in [5.41, 5.74) is -0.294. The van der Waals surface area contributed by atoms with Crippen LogP contribution in [-0.4, -0.2) is 23.0 Å². The summed E-state index contributed by atoms with van der Waals surface area (Å²) in [7, 11) is 0. The summed E-state index contributed by atoms with van der Waals surface area (Å²) in [6, 6.07) is 0.192. The Balaban J connectivity index is 2.35. The number of rotatable bonds is 10. The quantitative estimate of drug-likeness (QED) is 0.601. The Morgan fingerprint density at radius 2 is 1.81 bits per heavy atom. The second-order valence-corrected chi connectivity index (χ2v) is 6.77. The van der Waals surface area contributed by atoms with Gasteiger partial charge in [0.25, 0.3) is 0 Å². The van der Waals surface area contributed by atoms with Gasteiger partial charge in [0.2, 0.25) is 5.91 Å². The largest absolute Gasteiger partial charge is 0.481 e. The third-order valence-corrected chi connectivity index (χ3v) is 4.62. The van der Waals surface area contributed by atoms with E-state index in [2.05, 4.69) is 12.2 Å². The number of amides is 1. The van der Waals surface area contributed by atoms with Gasteiger partial charge in [0.05, 0.1) is 6.42 Å². The van der Waals surface area contributed by atoms with Gasteiger partial charge in [0.1, 0.15) is 0 Å². The van der Waals surface area contributed by atoms with Crippen LogP contribution in [0, 0.1) is 5.41 Å². The van der Waals surface area contributed by atoms with E-state index in [9.17, 15) is 9.59 Å². The summed E-state index contributed by atoms with van der Waals surface area (Å²) >= 11 is 0. The summed E-state index contributed by atoms with van der Waals surface area (Å²) < 4.78 is 0. The summed E-state index contributed by atoms with van der Waals surface area (Å²) in [6.45, 7) is 4.23. The molecule has 0 heterocycles. The molecule has 1 aliphatic rings. The Morgan fingerprint density at radius 3 is 2.38 bits per heavy atom. The van der Waals surface area contributed by atoms with Crippen molar-refractivity contribution >= 4 is 11.9 Å². The first-order chi connectivity index (χ1) is 9.97. The van der Waals surface area contributed by atoms with Crippen LogP contribution in [0.25, 0.3) is 0 Å². The van der Waals surface area contributed by atoms with Crippen LogP contribution in [0.2, 0.25) is 0 Å². The van der Waals surface area contributed by atoms with Crippen LogP contribution in [0.5, 0.6) is 0 Å². The van der Waals surface area contributed by atoms with Crippen molar-refractivity contribution in [2.75, 3.05) is 0 Å². The van der Waals surface area contributed by atoms with E-state index in [0.717, 1.165) is 38.5 Å². The number of nitrogens with one attached hydrogen (secondary N) is 1. The zero-order valence-electron chi connectivity index (χ0n) is 13.6. The predicted molar refractivity (Wildman–Crippen MR) is 84.1 cm³/mol. The van der Waals surface area contributed by atoms with Crippen molar-refractivity contribution in [3.05, 3.63) is 0 Å². The fourth-order valence-corrected chi connectivity index (χ4v) is 3.48. The highest BCUT2D eigenvalue weighted by atomic mass is 16.4. The van der Waals surface area contributed by atoms with Gasteiger partial charge in [-0.15, -0.1) is 0 Å². The molecule has 1 rings (SSSR count). The molecule has 0 saturated heterocycles. The van der Waals surface area contributed by atoms with E-state index in [1.54, 1.807) is 0 Å². The summed E-state index contributed by atoms with van der Waals surface area (Å²) in [5, 5.41) is 12.1. The van der Waals surface area contributed by atoms with Crippen LogP contribution >= 0.6 is 0 Å². The van der Waals surface area contributed by atoms with E-state index >= 15 is 0 Å². The molecule has 2 N–H and O–H groups in total. The number of unbranched alkanes of at least 4 members (excludes halogenated alkanes) is 3. The van der Waals surface area contributed by atoms with Gasteiger partial charge in [0.15, 0.2) is 0 Å². The minimum Gasteiger partial charge on any atom is -0.481 e. The van der Waals surface area contributed by atoms with Crippen LogP contribution in [0.4, 0.5) is 0 Å². The smallest absolute Gasteiger partial charge is 0.303 e. The standard InChI is InChI=1S/C17H31NO3/c1-3-4-5-6-9-14(2)18-15(19)12-17(13-16(20)21)10-7-8-11-17/h14H,3-13H2,1-2H3,(H,18,19)(H,20,21). The van der Waals surface area contributed by atoms with E-state index in [-0.39, 0.29) is 23.8 Å². The topological polar surface area (TPSA) is 66.4 Å². The fraction of sp³-hybridized carbons (Fsp3) is 0.882. The molecule has 0 aromatic rings. The van der Waals surface area contributed by atoms with Gasteiger partial charge >= 0.3 is 5.97 Å². The molecule has 0 aromatic heterocycles. The molecular formula is C17H31NO3. The first-order valence-electron chi connectivity index (χ1n) is 8.48. The maximum atomic E-state index is 12.2. The van der Waals surface area contributed by atoms with Crippen molar-refractivity contribution in [1.29, 1.82) is 0 Å². The zero-order valence-corrected chi connectivity index (χ0v) is 13.6. The third-order valence-electron chi connectivity index (χ3n) is 4.62. The number of carboxylic acid groups (broad SMARTS) is 1. The van der Waals surface area contributed by atoms with E-state index in [1.807, 2.05) is 6.92 Å². The van der Waals surface area contributed by atoms with E-state index in [4.69, 9.17) is 5.11 Å². The lowest BCUT2D eigenvalue weighted by Crippen LogP contribution is -2.37. The van der Waals surface area contributed by atoms with Crippen molar-refractivity contribution < 1.29 is 14.7 Å². The minimum absolute atomic E-state index is 0.0288. The lowest BCUT2D eigenvalue weighted by molar-refractivity contribution is -0.140. The molecule has 1 amide bonds. The molecule has 21 heavy (non-hydrogen) atoms. The van der Waals surface area contributed by atoms with Gasteiger partial charge in [0, 0.05) is 12.5 Å². The summed E-state index contributed by atoms with van der Waals surface area (Å²) in [4.78, 5) is 23.2. The van der Waals surface area contributed by atoms with Gasteiger partial charge in [-0.3, -0.25) is 9.59 Å². The highest BCUT2D eigenvalue weighted by Gasteiger charge is 2.38. The van der Waals surface area contributed by atoms with Crippen molar-refractivity contribution in [3.8, 4) is 0 Å². The number of carboxylic acids is 1. The van der Waals surface area contributed by atoms with Gasteiger partial charge in [-0.05, 0) is 31.6 Å². The number of aliphatic carboxylic acids is 1. The molecule has 4 heteroatoms. The molecule has 1 aliphatic carbocycles. The van der Waals surface area contributed by atoms with Crippen LogP contribution in [0.1, 0.15) is 84.5 Å². The lowest BCUT2D eigenvalue weighted by atomic mass is 9.79. The molecule has 1 saturated carbocycles. The third kappa shape index (κ3) is 6.96. The lowest BCUT2D eigenvalue weighted by Gasteiger charge is -2.27. The van der Waals surface area contributed by atoms with Crippen molar-refractivity contribution in [2.45, 2.75) is 90.5 Å². The first-order valence-corrected chi connectivity index (χ1v) is 8.48. The number of carbonyl (C=O) groups excluding carboxylic acids is 1. The zero-order chi connectivity index (χ0) is 15.7. The monoisotopic (exact) mass is 297 g/mol. The number of hydrogen-bond donors (Lipinski definition) is 2. The Morgan fingerprint density at radius 1 is 1.14 bits per heavy atom. The van der Waals surface area contributed by atoms with Crippen molar-refractivity contribution in [2.24, 2.45) is 5.41 Å². The molecular weight excluding hydrogens is 266 g/mol. The Bertz CT molecular complexity index is 335. The number of carbonyl (C=O) groups is 2. The summed E-state index contributed by atoms with van der Waals surface area (Å²) in [5.74, 6) is -0.751. The van der Waals surface area contributed by atoms with Crippen LogP contribution in [-0.2, 0) is 9.59 Å². The molecule has 1 fully saturated rings. The van der Waals surface area contributed by atoms with E-state index in [0.29, 0.717) is 6.42 Å². The first kappa shape index (κ1) is 18.0. The molecule has 0 aromatic carbocycles. The molecule has 1 atom stereocenters. The maximum Gasteiger partial charge on any atom is 0.303 e. The Labute approximate surface area is 128 Å². The minimum atomic E-state index is -0.780. The van der Waals surface area contributed by atoms with E-state index in [1.165, 1.54) is 19.3 Å². The summed E-state index contributed by atoms with van der Waals surface area (Å²) in [6.07, 6.45) is 10.2. The highest BCUT2D eigenvalue weighted by molar-refractivity contribution is 5.78. The Hall–Kier alpha value is -1.06. The molecule has 1 unspecified atom stereocenters. The average molecular weight is 297 g/mol. The van der Waals surface area contributed by atoms with Gasteiger partial charge in [-0.2, -0.15) is 0 Å². The second kappa shape index (κ2) is 9.06. The maximum absolute atomic E-state index is 12.2. The fourth-order valence-electron chi connectivity index (χ4n) is 3.48. The predicted octanol–water partition coefficient (Wildman–Crippen LogP) is 3.89. The Kier molecular flexibility index (Phi) is 7.76. The van der Waals surface area contributed by atoms with Crippen LogP contribution in [0.3, 0.4) is 0 Å². The number of hydrogen-bond acceptors (Lipinski definition) is 2. The SMILES string of the molecule is CCCCCCC(C)NC(=O)CC1(CC(=O)O)CCCC1. The molecule has 0 aliphatic heterocycles. The average Bonchev–Trinajstić information content (AvgIpc) is 2.81.